The highest BCUT2D eigenvalue weighted by molar-refractivity contribution is 6.74. The fourth-order valence-electron chi connectivity index (χ4n) is 3.73. The van der Waals surface area contributed by atoms with Gasteiger partial charge in [0.1, 0.15) is 0 Å². The summed E-state index contributed by atoms with van der Waals surface area (Å²) >= 11 is 0. The van der Waals surface area contributed by atoms with Crippen LogP contribution in [0.3, 0.4) is 0 Å². The van der Waals surface area contributed by atoms with E-state index in [1.807, 2.05) is 12.1 Å². The number of rotatable bonds is 13. The van der Waals surface area contributed by atoms with E-state index in [9.17, 15) is 9.59 Å². The van der Waals surface area contributed by atoms with E-state index in [4.69, 9.17) is 4.43 Å². The van der Waals surface area contributed by atoms with Gasteiger partial charge in [-0.25, -0.2) is 0 Å². The van der Waals surface area contributed by atoms with Crippen molar-refractivity contribution in [3.63, 3.8) is 0 Å². The average molecular weight is 444 g/mol. The smallest absolute Gasteiger partial charge is 0.261 e. The van der Waals surface area contributed by atoms with Gasteiger partial charge in [-0.15, -0.1) is 6.58 Å². The second kappa shape index (κ2) is 11.2. The maximum atomic E-state index is 12.4. The number of imide groups is 1. The predicted molar refractivity (Wildman–Crippen MR) is 131 cm³/mol. The van der Waals surface area contributed by atoms with E-state index >= 15 is 0 Å². The SMILES string of the molecule is C=C[C@@H](CCCCCN1C(=O)c2ccccc2C1=O)CCCCO[Si](C)(C)C(C)(C)C. The minimum atomic E-state index is -1.63. The van der Waals surface area contributed by atoms with Crippen LogP contribution < -0.4 is 0 Å². The van der Waals surface area contributed by atoms with Gasteiger partial charge in [0.2, 0.25) is 0 Å². The van der Waals surface area contributed by atoms with E-state index in [1.165, 1.54) is 11.3 Å². The molecule has 0 saturated carbocycles. The van der Waals surface area contributed by atoms with Crippen LogP contribution in [0.5, 0.6) is 0 Å². The zero-order valence-corrected chi connectivity index (χ0v) is 21.2. The Hall–Kier alpha value is -1.72. The first-order valence-corrected chi connectivity index (χ1v) is 14.7. The molecule has 4 nitrogen and oxygen atoms in total. The van der Waals surface area contributed by atoms with Crippen LogP contribution >= 0.6 is 0 Å². The molecule has 1 aliphatic heterocycles. The molecule has 1 atom stereocenters. The van der Waals surface area contributed by atoms with Gasteiger partial charge < -0.3 is 4.43 Å². The maximum Gasteiger partial charge on any atom is 0.261 e. The minimum Gasteiger partial charge on any atom is -0.417 e. The largest absolute Gasteiger partial charge is 0.417 e. The quantitative estimate of drug-likeness (QED) is 0.145. The third-order valence-corrected chi connectivity index (χ3v) is 11.4. The molecule has 0 saturated heterocycles. The summed E-state index contributed by atoms with van der Waals surface area (Å²) in [5, 5.41) is 0.268. The van der Waals surface area contributed by atoms with Crippen LogP contribution in [-0.2, 0) is 4.43 Å². The molecule has 31 heavy (non-hydrogen) atoms. The molecule has 0 unspecified atom stereocenters. The van der Waals surface area contributed by atoms with Gasteiger partial charge in [0.15, 0.2) is 8.32 Å². The van der Waals surface area contributed by atoms with Crippen LogP contribution in [0, 0.1) is 5.92 Å². The second-order valence-electron chi connectivity index (χ2n) is 10.3. The lowest BCUT2D eigenvalue weighted by molar-refractivity contribution is 0.0651. The Kier molecular flexibility index (Phi) is 9.25. The highest BCUT2D eigenvalue weighted by Gasteiger charge is 2.37. The molecule has 5 heteroatoms. The number of unbranched alkanes of at least 4 members (excludes halogenated alkanes) is 3. The Morgan fingerprint density at radius 2 is 1.52 bits per heavy atom. The number of amides is 2. The van der Waals surface area contributed by atoms with Crippen LogP contribution in [0.25, 0.3) is 0 Å². The number of hydrogen-bond acceptors (Lipinski definition) is 3. The molecule has 2 rings (SSSR count). The summed E-state index contributed by atoms with van der Waals surface area (Å²) < 4.78 is 6.27. The van der Waals surface area contributed by atoms with Crippen LogP contribution in [0.1, 0.15) is 86.4 Å². The fourth-order valence-corrected chi connectivity index (χ4v) is 4.82. The van der Waals surface area contributed by atoms with E-state index in [1.54, 1.807) is 12.1 Å². The molecule has 1 heterocycles. The van der Waals surface area contributed by atoms with Crippen molar-refractivity contribution in [3.05, 3.63) is 48.0 Å². The first-order chi connectivity index (χ1) is 14.6. The Morgan fingerprint density at radius 3 is 2.03 bits per heavy atom. The molecule has 1 aromatic rings. The van der Waals surface area contributed by atoms with Gasteiger partial charge in [-0.3, -0.25) is 14.5 Å². The van der Waals surface area contributed by atoms with Crippen molar-refractivity contribution in [1.29, 1.82) is 0 Å². The number of carbonyl (C=O) groups excluding carboxylic acids is 2. The number of fused-ring (bicyclic) bond motifs is 1. The first kappa shape index (κ1) is 25.5. The maximum absolute atomic E-state index is 12.4. The summed E-state index contributed by atoms with van der Waals surface area (Å²) in [6.07, 6.45) is 9.61. The lowest BCUT2D eigenvalue weighted by Crippen LogP contribution is -2.40. The Labute approximate surface area is 190 Å². The number of benzene rings is 1. The molecule has 0 fully saturated rings. The molecular weight excluding hydrogens is 402 g/mol. The molecule has 0 spiro atoms. The lowest BCUT2D eigenvalue weighted by atomic mass is 9.95. The van der Waals surface area contributed by atoms with Gasteiger partial charge in [0.25, 0.3) is 11.8 Å². The van der Waals surface area contributed by atoms with E-state index in [0.29, 0.717) is 23.6 Å². The van der Waals surface area contributed by atoms with Crippen molar-refractivity contribution < 1.29 is 14.0 Å². The molecule has 0 aliphatic carbocycles. The Balaban J connectivity index is 1.60. The lowest BCUT2D eigenvalue weighted by Gasteiger charge is -2.36. The molecule has 172 valence electrons. The van der Waals surface area contributed by atoms with Gasteiger partial charge in [0.05, 0.1) is 11.1 Å². The topological polar surface area (TPSA) is 46.6 Å². The fraction of sp³-hybridized carbons (Fsp3) is 0.615. The standard InChI is InChI=1S/C26H41NO3Si/c1-7-21(16-12-14-20-30-31(5,6)26(2,3)4)15-9-8-13-19-27-24(28)22-17-10-11-18-23(22)25(27)29/h7,10-11,17-18,21H,1,8-9,12-16,19-20H2,2-6H3/t21-/m0/s1. The Bertz CT molecular complexity index is 731. The van der Waals surface area contributed by atoms with Crippen LogP contribution in [0.4, 0.5) is 0 Å². The summed E-state index contributed by atoms with van der Waals surface area (Å²) in [5.74, 6) is 0.237. The van der Waals surface area contributed by atoms with Crippen LogP contribution in [-0.4, -0.2) is 38.2 Å². The van der Waals surface area contributed by atoms with Crippen LogP contribution in [0.15, 0.2) is 36.9 Å². The van der Waals surface area contributed by atoms with Crippen molar-refractivity contribution >= 4 is 20.1 Å². The first-order valence-electron chi connectivity index (χ1n) is 11.8. The van der Waals surface area contributed by atoms with E-state index < -0.39 is 8.32 Å². The Morgan fingerprint density at radius 1 is 0.968 bits per heavy atom. The van der Waals surface area contributed by atoms with E-state index in [-0.39, 0.29) is 16.9 Å². The monoisotopic (exact) mass is 443 g/mol. The highest BCUT2D eigenvalue weighted by Crippen LogP contribution is 2.36. The summed E-state index contributed by atoms with van der Waals surface area (Å²) in [7, 11) is -1.63. The van der Waals surface area contributed by atoms with Crippen LogP contribution in [0.2, 0.25) is 18.1 Å². The van der Waals surface area contributed by atoms with Crippen molar-refractivity contribution in [1.82, 2.24) is 4.90 Å². The van der Waals surface area contributed by atoms with E-state index in [0.717, 1.165) is 45.1 Å². The predicted octanol–water partition coefficient (Wildman–Crippen LogP) is 6.84. The number of nitrogens with zero attached hydrogens (tertiary/aromatic N) is 1. The highest BCUT2D eigenvalue weighted by atomic mass is 28.4. The van der Waals surface area contributed by atoms with Gasteiger partial charge in [-0.05, 0) is 61.9 Å². The molecule has 0 radical (unpaired) electrons. The molecule has 2 amide bonds. The van der Waals surface area contributed by atoms with Gasteiger partial charge >= 0.3 is 0 Å². The van der Waals surface area contributed by atoms with Gasteiger partial charge in [-0.1, -0.05) is 58.2 Å². The molecule has 1 aliphatic rings. The molecule has 0 bridgehead atoms. The molecular formula is C26H41NO3Si. The molecule has 0 N–H and O–H groups in total. The average Bonchev–Trinajstić information content (AvgIpc) is 2.95. The zero-order chi connectivity index (χ0) is 23.1. The van der Waals surface area contributed by atoms with Crippen molar-refractivity contribution in [3.8, 4) is 0 Å². The summed E-state index contributed by atoms with van der Waals surface area (Å²) in [5.41, 5.74) is 1.08. The minimum absolute atomic E-state index is 0.149. The number of allylic oxidation sites excluding steroid dienone is 1. The van der Waals surface area contributed by atoms with Crippen molar-refractivity contribution in [2.75, 3.05) is 13.2 Å². The summed E-state index contributed by atoms with van der Waals surface area (Å²) in [6.45, 7) is 16.8. The molecule has 0 aromatic heterocycles. The normalized spacial score (nSPS) is 15.3. The van der Waals surface area contributed by atoms with E-state index in [2.05, 4.69) is 46.5 Å². The van der Waals surface area contributed by atoms with Gasteiger partial charge in [-0.2, -0.15) is 0 Å². The second-order valence-corrected chi connectivity index (χ2v) is 15.1. The molecule has 1 aromatic carbocycles. The zero-order valence-electron chi connectivity index (χ0n) is 20.2. The summed E-state index contributed by atoms with van der Waals surface area (Å²) in [6, 6.07) is 7.09. The van der Waals surface area contributed by atoms with Gasteiger partial charge in [0, 0.05) is 13.2 Å². The third kappa shape index (κ3) is 6.88. The summed E-state index contributed by atoms with van der Waals surface area (Å²) in [4.78, 5) is 26.2. The number of carbonyl (C=O) groups is 2. The van der Waals surface area contributed by atoms with Crippen molar-refractivity contribution in [2.45, 2.75) is 83.8 Å². The third-order valence-electron chi connectivity index (χ3n) is 6.91. The van der Waals surface area contributed by atoms with Crippen molar-refractivity contribution in [2.24, 2.45) is 5.92 Å². The number of hydrogen-bond donors (Lipinski definition) is 0.